The van der Waals surface area contributed by atoms with Gasteiger partial charge in [0.15, 0.2) is 21.3 Å². The van der Waals surface area contributed by atoms with E-state index in [0.29, 0.717) is 47.7 Å². The van der Waals surface area contributed by atoms with Crippen LogP contribution in [0.15, 0.2) is 100 Å². The molecule has 0 fully saturated rings. The number of benzene rings is 4. The molecule has 4 aromatic carbocycles. The number of ether oxygens (including phenoxy) is 3. The van der Waals surface area contributed by atoms with Crippen LogP contribution in [0.5, 0.6) is 17.2 Å². The number of hydrazone groups is 2. The number of fused-ring (bicyclic) bond motifs is 1. The summed E-state index contributed by atoms with van der Waals surface area (Å²) in [7, 11) is -1.97. The van der Waals surface area contributed by atoms with Crippen LogP contribution in [-0.2, 0) is 9.84 Å². The van der Waals surface area contributed by atoms with Crippen molar-refractivity contribution in [3.63, 3.8) is 0 Å². The summed E-state index contributed by atoms with van der Waals surface area (Å²) in [6.07, 6.45) is 4.28. The Labute approximate surface area is 296 Å². The van der Waals surface area contributed by atoms with E-state index in [-0.39, 0.29) is 29.3 Å². The molecule has 0 saturated heterocycles. The van der Waals surface area contributed by atoms with Crippen LogP contribution in [0.1, 0.15) is 57.5 Å². The zero-order chi connectivity index (χ0) is 36.1. The van der Waals surface area contributed by atoms with Crippen LogP contribution in [0.3, 0.4) is 0 Å². The monoisotopic (exact) mass is 710 g/mol. The van der Waals surface area contributed by atoms with Gasteiger partial charge in [-0.05, 0) is 105 Å². The Morgan fingerprint density at radius 2 is 1.20 bits per heavy atom. The number of methoxy groups -OCH3 is 1. The number of hydrogen-bond acceptors (Lipinski definition) is 11. The number of hydrogen-bond donors (Lipinski definition) is 2. The first-order chi connectivity index (χ1) is 24.5. The first kappa shape index (κ1) is 35.0. The summed E-state index contributed by atoms with van der Waals surface area (Å²) in [5.41, 5.74) is 16.9. The first-order valence-electron chi connectivity index (χ1n) is 16.3. The number of amides is 2. The van der Waals surface area contributed by atoms with E-state index >= 15 is 0 Å². The van der Waals surface area contributed by atoms with E-state index in [4.69, 9.17) is 25.7 Å². The van der Waals surface area contributed by atoms with Gasteiger partial charge in [-0.2, -0.15) is 10.2 Å². The van der Waals surface area contributed by atoms with Crippen molar-refractivity contribution < 1.29 is 32.2 Å². The molecule has 0 spiro atoms. The highest BCUT2D eigenvalue weighted by atomic mass is 32.2. The molecule has 51 heavy (non-hydrogen) atoms. The molecule has 0 unspecified atom stereocenters. The van der Waals surface area contributed by atoms with E-state index in [9.17, 15) is 18.0 Å². The van der Waals surface area contributed by atoms with Crippen LogP contribution < -0.4 is 25.7 Å². The van der Waals surface area contributed by atoms with Crippen molar-refractivity contribution in [3.05, 3.63) is 107 Å². The van der Waals surface area contributed by atoms with E-state index < -0.39 is 9.84 Å². The summed E-state index contributed by atoms with van der Waals surface area (Å²) >= 11 is 0. The second-order valence-electron chi connectivity index (χ2n) is 12.1. The molecule has 13 nitrogen and oxygen atoms in total. The van der Waals surface area contributed by atoms with E-state index in [0.717, 1.165) is 53.9 Å². The lowest BCUT2D eigenvalue weighted by atomic mass is 10.0. The fourth-order valence-electron chi connectivity index (χ4n) is 5.76. The molecule has 4 N–H and O–H groups in total. The molecule has 3 aliphatic heterocycles. The molecular formula is C37H38N6O7S. The average Bonchev–Trinajstić information content (AvgIpc) is 3.63. The molecule has 4 aromatic rings. The second kappa shape index (κ2) is 14.9. The van der Waals surface area contributed by atoms with Gasteiger partial charge < -0.3 is 25.7 Å². The molecule has 0 aliphatic carbocycles. The quantitative estimate of drug-likeness (QED) is 0.262. The summed E-state index contributed by atoms with van der Waals surface area (Å²) in [4.78, 5) is 25.4. The largest absolute Gasteiger partial charge is 0.495 e. The zero-order valence-corrected chi connectivity index (χ0v) is 29.1. The number of carbonyl (C=O) groups is 2. The highest BCUT2D eigenvalue weighted by Gasteiger charge is 2.24. The third kappa shape index (κ3) is 8.13. The Balaban J connectivity index is 0.000000177. The normalized spacial score (nSPS) is 15.3. The first-order valence-corrected chi connectivity index (χ1v) is 18.2. The molecule has 0 radical (unpaired) electrons. The molecule has 3 heterocycles. The minimum Gasteiger partial charge on any atom is -0.495 e. The van der Waals surface area contributed by atoms with Gasteiger partial charge in [0, 0.05) is 53.0 Å². The Kier molecular flexibility index (Phi) is 10.2. The summed E-state index contributed by atoms with van der Waals surface area (Å²) in [6, 6.07) is 24.2. The van der Waals surface area contributed by atoms with Crippen molar-refractivity contribution in [2.75, 3.05) is 44.7 Å². The lowest BCUT2D eigenvalue weighted by Gasteiger charge is -2.24. The van der Waals surface area contributed by atoms with Gasteiger partial charge in [0.2, 0.25) is 6.79 Å². The maximum atomic E-state index is 12.7. The Hall–Kier alpha value is -5.89. The number of sulfone groups is 1. The van der Waals surface area contributed by atoms with Gasteiger partial charge in [0.1, 0.15) is 10.6 Å². The van der Waals surface area contributed by atoms with Crippen molar-refractivity contribution in [1.82, 2.24) is 10.0 Å². The van der Waals surface area contributed by atoms with Crippen LogP contribution in [0.25, 0.3) is 0 Å². The van der Waals surface area contributed by atoms with Gasteiger partial charge in [0.05, 0.1) is 18.5 Å². The molecule has 3 aliphatic rings. The number of anilines is 2. The minimum absolute atomic E-state index is 0.118. The predicted molar refractivity (Wildman–Crippen MR) is 194 cm³/mol. The fraction of sp³-hybridized carbons (Fsp3) is 0.243. The summed E-state index contributed by atoms with van der Waals surface area (Å²) < 4.78 is 39.7. The molecule has 264 valence electrons. The number of nitrogen functional groups attached to an aromatic ring is 2. The van der Waals surface area contributed by atoms with Crippen molar-refractivity contribution in [2.24, 2.45) is 10.2 Å². The third-order valence-corrected chi connectivity index (χ3v) is 9.57. The molecule has 14 heteroatoms. The molecule has 7 rings (SSSR count). The smallest absolute Gasteiger partial charge is 0.273 e. The van der Waals surface area contributed by atoms with Crippen LogP contribution >= 0.6 is 0 Å². The van der Waals surface area contributed by atoms with Crippen LogP contribution in [0.2, 0.25) is 0 Å². The number of rotatable bonds is 6. The Morgan fingerprint density at radius 3 is 1.71 bits per heavy atom. The predicted octanol–water partition coefficient (Wildman–Crippen LogP) is 4.96. The van der Waals surface area contributed by atoms with E-state index in [1.54, 1.807) is 60.7 Å². The minimum atomic E-state index is -3.40. The van der Waals surface area contributed by atoms with Gasteiger partial charge in [-0.1, -0.05) is 6.07 Å². The van der Waals surface area contributed by atoms with Gasteiger partial charge in [-0.3, -0.25) is 9.59 Å². The van der Waals surface area contributed by atoms with Crippen molar-refractivity contribution >= 4 is 44.4 Å². The van der Waals surface area contributed by atoms with Gasteiger partial charge in [-0.25, -0.2) is 18.4 Å². The van der Waals surface area contributed by atoms with Crippen LogP contribution in [0.4, 0.5) is 11.4 Å². The average molecular weight is 711 g/mol. The van der Waals surface area contributed by atoms with Crippen molar-refractivity contribution in [2.45, 2.75) is 30.6 Å². The topological polar surface area (TPSA) is 179 Å². The number of nitrogens with zero attached hydrogens (tertiary/aromatic N) is 4. The lowest BCUT2D eigenvalue weighted by Crippen LogP contribution is -2.32. The Morgan fingerprint density at radius 1 is 0.706 bits per heavy atom. The van der Waals surface area contributed by atoms with E-state index in [2.05, 4.69) is 10.2 Å². The summed E-state index contributed by atoms with van der Waals surface area (Å²) in [5.74, 6) is 1.40. The Bertz CT molecular complexity index is 2120. The zero-order valence-electron chi connectivity index (χ0n) is 28.2. The van der Waals surface area contributed by atoms with E-state index in [1.807, 2.05) is 18.2 Å². The highest BCUT2D eigenvalue weighted by molar-refractivity contribution is 7.90. The van der Waals surface area contributed by atoms with E-state index in [1.165, 1.54) is 23.2 Å². The summed E-state index contributed by atoms with van der Waals surface area (Å²) in [6.45, 7) is 1.37. The molecule has 0 aromatic heterocycles. The lowest BCUT2D eigenvalue weighted by molar-refractivity contribution is 0.0744. The molecule has 0 atom stereocenters. The van der Waals surface area contributed by atoms with Crippen LogP contribution in [-0.4, -0.2) is 74.9 Å². The van der Waals surface area contributed by atoms with Gasteiger partial charge >= 0.3 is 0 Å². The molecular weight excluding hydrogens is 673 g/mol. The fourth-order valence-corrected chi connectivity index (χ4v) is 6.58. The van der Waals surface area contributed by atoms with Crippen LogP contribution in [0, 0.1) is 0 Å². The number of carbonyl (C=O) groups excluding carboxylic acids is 2. The SMILES string of the molecule is COc1cc(C2=NN(C(=O)c3ccc(N)cc3)CCC2)ccc1S(C)(=O)=O.Nc1ccc(C(=O)N2CCCC(c3ccc4c(c3)OCO4)=N2)cc1. The second-order valence-corrected chi connectivity index (χ2v) is 14.1. The van der Waals surface area contributed by atoms with Gasteiger partial charge in [0.25, 0.3) is 11.8 Å². The maximum Gasteiger partial charge on any atom is 0.273 e. The molecule has 2 amide bonds. The van der Waals surface area contributed by atoms with Crippen molar-refractivity contribution in [1.29, 1.82) is 0 Å². The standard InChI is InChI=1S/C19H21N3O4S.C18H17N3O3/c1-26-17-12-14(7-10-18(17)27(2,24)25)16-4-3-11-22(21-16)19(23)13-5-8-15(20)9-6-13;19-14-6-3-12(4-7-14)18(22)21-9-1-2-15(20-21)13-5-8-16-17(10-13)24-11-23-16/h5-10,12H,3-4,11,20H2,1-2H3;3-8,10H,1-2,9,11,19H2. The maximum absolute atomic E-state index is 12.7. The summed E-state index contributed by atoms with van der Waals surface area (Å²) in [5, 5.41) is 12.0. The molecule has 0 bridgehead atoms. The van der Waals surface area contributed by atoms with Gasteiger partial charge in [-0.15, -0.1) is 0 Å². The van der Waals surface area contributed by atoms with Crippen molar-refractivity contribution in [3.8, 4) is 17.2 Å². The number of nitrogens with two attached hydrogens (primary N) is 2. The third-order valence-electron chi connectivity index (χ3n) is 8.44. The molecule has 0 saturated carbocycles. The highest BCUT2D eigenvalue weighted by Crippen LogP contribution is 2.33.